The molecule has 1 rings (SSSR count). The highest BCUT2D eigenvalue weighted by atomic mass is 16.3. The van der Waals surface area contributed by atoms with E-state index in [1.165, 1.54) is 0 Å². The zero-order valence-corrected chi connectivity index (χ0v) is 4.39. The van der Waals surface area contributed by atoms with Gasteiger partial charge < -0.3 is 5.11 Å². The first-order chi connectivity index (χ1) is 4.43. The monoisotopic (exact) mass is 128 g/mol. The maximum Gasteiger partial charge on any atom is 0.307 e. The number of aromatic nitrogens is 4. The van der Waals surface area contributed by atoms with Crippen LogP contribution < -0.4 is 0 Å². The summed E-state index contributed by atoms with van der Waals surface area (Å²) in [7, 11) is 0. The Bertz CT molecular complexity index is 179. The van der Waals surface area contributed by atoms with Crippen molar-refractivity contribution in [1.82, 2.24) is 20.6 Å². The zero-order valence-electron chi connectivity index (χ0n) is 4.39. The topological polar surface area (TPSA) is 99.4 Å². The highest BCUT2D eigenvalue weighted by Gasteiger charge is 1.88. The van der Waals surface area contributed by atoms with Gasteiger partial charge in [-0.05, 0) is 5.21 Å². The molecule has 0 amide bonds. The Kier molecular flexibility index (Phi) is 1.81. The molecule has 48 valence electrons. The van der Waals surface area contributed by atoms with Crippen molar-refractivity contribution in [3.63, 3.8) is 0 Å². The predicted octanol–water partition coefficient (Wildman–Crippen LogP) is -0.767. The van der Waals surface area contributed by atoms with Gasteiger partial charge >= 0.3 is 5.95 Å². The van der Waals surface area contributed by atoms with Crippen molar-refractivity contribution in [2.75, 3.05) is 6.73 Å². The van der Waals surface area contributed by atoms with E-state index in [9.17, 15) is 0 Å². The molecule has 0 atom stereocenters. The van der Waals surface area contributed by atoms with Crippen molar-refractivity contribution >= 4 is 5.95 Å². The van der Waals surface area contributed by atoms with Crippen LogP contribution in [0.2, 0.25) is 0 Å². The molecule has 0 spiro atoms. The van der Waals surface area contributed by atoms with Crippen molar-refractivity contribution < 1.29 is 5.11 Å². The molecule has 7 heteroatoms. The molecule has 2 N–H and O–H groups in total. The molecule has 0 bridgehead atoms. The van der Waals surface area contributed by atoms with Gasteiger partial charge in [0.1, 0.15) is 0 Å². The summed E-state index contributed by atoms with van der Waals surface area (Å²) < 4.78 is 0. The standard InChI is InChI=1S/C2H4N6O/c9-1-3-4-2-5-7-8-6-2/h9H,1H2,(H,5,6,7,8). The van der Waals surface area contributed by atoms with Crippen LogP contribution in [0.3, 0.4) is 0 Å². The number of aliphatic hydroxyl groups is 1. The molecule has 1 aromatic heterocycles. The second-order valence-electron chi connectivity index (χ2n) is 1.09. The summed E-state index contributed by atoms with van der Waals surface area (Å²) in [6, 6.07) is 0. The number of nitrogens with one attached hydrogen (secondary N) is 1. The predicted molar refractivity (Wildman–Crippen MR) is 25.8 cm³/mol. The number of aliphatic hydroxyl groups excluding tert-OH is 1. The summed E-state index contributed by atoms with van der Waals surface area (Å²) >= 11 is 0. The van der Waals surface area contributed by atoms with E-state index < -0.39 is 0 Å². The van der Waals surface area contributed by atoms with Crippen LogP contribution in [-0.2, 0) is 0 Å². The van der Waals surface area contributed by atoms with Crippen molar-refractivity contribution in [2.45, 2.75) is 0 Å². The number of tetrazole rings is 1. The Labute approximate surface area is 49.8 Å². The Hall–Kier alpha value is -1.37. The average Bonchev–Trinajstić information content (AvgIpc) is 2.34. The van der Waals surface area contributed by atoms with Gasteiger partial charge in [0.05, 0.1) is 0 Å². The lowest BCUT2D eigenvalue weighted by atomic mass is 11.1. The first-order valence-electron chi connectivity index (χ1n) is 2.15. The van der Waals surface area contributed by atoms with E-state index in [4.69, 9.17) is 5.11 Å². The van der Waals surface area contributed by atoms with Gasteiger partial charge in [0.25, 0.3) is 0 Å². The number of rotatable bonds is 2. The van der Waals surface area contributed by atoms with E-state index in [2.05, 4.69) is 30.9 Å². The average molecular weight is 128 g/mol. The highest BCUT2D eigenvalue weighted by molar-refractivity contribution is 5.03. The smallest absolute Gasteiger partial charge is 0.307 e. The Morgan fingerprint density at radius 1 is 1.67 bits per heavy atom. The number of hydrogen-bond acceptors (Lipinski definition) is 6. The first-order valence-corrected chi connectivity index (χ1v) is 2.15. The first kappa shape index (κ1) is 5.76. The molecule has 0 saturated heterocycles. The van der Waals surface area contributed by atoms with Crippen LogP contribution in [0.4, 0.5) is 5.95 Å². The maximum atomic E-state index is 8.12. The lowest BCUT2D eigenvalue weighted by molar-refractivity contribution is 0.301. The van der Waals surface area contributed by atoms with Crippen LogP contribution in [0.5, 0.6) is 0 Å². The molecule has 7 nitrogen and oxygen atoms in total. The van der Waals surface area contributed by atoms with Crippen LogP contribution in [0.25, 0.3) is 0 Å². The minimum atomic E-state index is -0.367. The fraction of sp³-hybridized carbons (Fsp3) is 0.500. The molecular formula is C2H4N6O. The lowest BCUT2D eigenvalue weighted by Crippen LogP contribution is -1.70. The largest absolute Gasteiger partial charge is 0.373 e. The molecule has 0 aliphatic heterocycles. The van der Waals surface area contributed by atoms with E-state index in [-0.39, 0.29) is 12.7 Å². The van der Waals surface area contributed by atoms with Crippen LogP contribution in [0.1, 0.15) is 0 Å². The van der Waals surface area contributed by atoms with Gasteiger partial charge in [0.15, 0.2) is 6.73 Å². The van der Waals surface area contributed by atoms with E-state index in [1.807, 2.05) is 0 Å². The lowest BCUT2D eigenvalue weighted by Gasteiger charge is -1.74. The van der Waals surface area contributed by atoms with Gasteiger partial charge in [-0.25, -0.2) is 0 Å². The van der Waals surface area contributed by atoms with Gasteiger partial charge in [-0.15, -0.1) is 10.2 Å². The summed E-state index contributed by atoms with van der Waals surface area (Å²) in [5, 5.41) is 26.9. The molecule has 1 aromatic rings. The third-order valence-electron chi connectivity index (χ3n) is 0.558. The molecular weight excluding hydrogens is 124 g/mol. The second-order valence-corrected chi connectivity index (χ2v) is 1.09. The summed E-state index contributed by atoms with van der Waals surface area (Å²) in [6.45, 7) is -0.367. The van der Waals surface area contributed by atoms with E-state index in [0.29, 0.717) is 0 Å². The Morgan fingerprint density at radius 2 is 2.56 bits per heavy atom. The molecule has 0 aliphatic carbocycles. The van der Waals surface area contributed by atoms with Gasteiger partial charge in [-0.1, -0.05) is 5.10 Å². The molecule has 0 fully saturated rings. The van der Waals surface area contributed by atoms with Crippen LogP contribution >= 0.6 is 0 Å². The van der Waals surface area contributed by atoms with Crippen LogP contribution in [0, 0.1) is 0 Å². The van der Waals surface area contributed by atoms with Crippen LogP contribution in [0.15, 0.2) is 10.2 Å². The van der Waals surface area contributed by atoms with Gasteiger partial charge in [0.2, 0.25) is 0 Å². The number of azo groups is 1. The van der Waals surface area contributed by atoms with E-state index in [0.717, 1.165) is 0 Å². The summed E-state index contributed by atoms with van der Waals surface area (Å²) in [4.78, 5) is 0. The SMILES string of the molecule is OCN=Nc1nn[nH]n1. The maximum absolute atomic E-state index is 8.12. The second kappa shape index (κ2) is 2.82. The van der Waals surface area contributed by atoms with Crippen LogP contribution in [-0.4, -0.2) is 32.5 Å². The molecule has 0 radical (unpaired) electrons. The third kappa shape index (κ3) is 1.53. The van der Waals surface area contributed by atoms with Gasteiger partial charge in [0, 0.05) is 0 Å². The summed E-state index contributed by atoms with van der Waals surface area (Å²) in [5.41, 5.74) is 0. The molecule has 0 aromatic carbocycles. The summed E-state index contributed by atoms with van der Waals surface area (Å²) in [5.74, 6) is 0.115. The minimum absolute atomic E-state index is 0.115. The molecule has 0 aliphatic rings. The Morgan fingerprint density at radius 3 is 3.11 bits per heavy atom. The normalized spacial score (nSPS) is 10.8. The number of hydrogen-bond donors (Lipinski definition) is 2. The molecule has 0 saturated carbocycles. The molecule has 0 unspecified atom stereocenters. The number of H-pyrrole nitrogens is 1. The Balaban J connectivity index is 2.57. The number of nitrogens with zero attached hydrogens (tertiary/aromatic N) is 5. The van der Waals surface area contributed by atoms with Crippen molar-refractivity contribution in [2.24, 2.45) is 10.2 Å². The summed E-state index contributed by atoms with van der Waals surface area (Å²) in [6.07, 6.45) is 0. The molecule has 1 heterocycles. The highest BCUT2D eigenvalue weighted by Crippen LogP contribution is 1.95. The third-order valence-corrected chi connectivity index (χ3v) is 0.558. The van der Waals surface area contributed by atoms with Gasteiger partial charge in [-0.3, -0.25) is 0 Å². The van der Waals surface area contributed by atoms with Crippen molar-refractivity contribution in [3.8, 4) is 0 Å². The quantitative estimate of drug-likeness (QED) is 0.511. The fourth-order valence-corrected chi connectivity index (χ4v) is 0.294. The minimum Gasteiger partial charge on any atom is -0.373 e. The number of aromatic amines is 1. The zero-order chi connectivity index (χ0) is 6.53. The van der Waals surface area contributed by atoms with E-state index >= 15 is 0 Å². The van der Waals surface area contributed by atoms with Crippen molar-refractivity contribution in [1.29, 1.82) is 0 Å². The van der Waals surface area contributed by atoms with Gasteiger partial charge in [-0.2, -0.15) is 10.3 Å². The van der Waals surface area contributed by atoms with E-state index in [1.54, 1.807) is 0 Å². The molecule has 9 heavy (non-hydrogen) atoms. The van der Waals surface area contributed by atoms with Crippen molar-refractivity contribution in [3.05, 3.63) is 0 Å². The fourth-order valence-electron chi connectivity index (χ4n) is 0.294.